The molecule has 1 heterocycles. The summed E-state index contributed by atoms with van der Waals surface area (Å²) in [5, 5.41) is 1.02. The molecule has 0 bridgehead atoms. The van der Waals surface area contributed by atoms with Crippen LogP contribution < -0.4 is 0 Å². The number of nitrogens with one attached hydrogen (secondary N) is 1. The minimum Gasteiger partial charge on any atom is -0.360 e. The van der Waals surface area contributed by atoms with E-state index >= 15 is 0 Å². The summed E-state index contributed by atoms with van der Waals surface area (Å²) in [5.41, 5.74) is 1.81. The van der Waals surface area contributed by atoms with Crippen LogP contribution in [0, 0.1) is 0 Å². The first kappa shape index (κ1) is 14.6. The topological polar surface area (TPSA) is 36.1 Å². The van der Waals surface area contributed by atoms with Gasteiger partial charge in [0.1, 0.15) is 0 Å². The highest BCUT2D eigenvalue weighted by Crippen LogP contribution is 2.21. The van der Waals surface area contributed by atoms with Crippen LogP contribution in [0.15, 0.2) is 30.5 Å². The summed E-state index contributed by atoms with van der Waals surface area (Å²) in [6.45, 7) is 7.25. The predicted molar refractivity (Wildman–Crippen MR) is 84.0 cm³/mol. The second-order valence-electron chi connectivity index (χ2n) is 5.36. The van der Waals surface area contributed by atoms with Crippen LogP contribution in [0.5, 0.6) is 0 Å². The number of carbonyl (C=O) groups excluding carboxylic acids is 1. The Bertz CT molecular complexity index is 573. The van der Waals surface area contributed by atoms with Crippen molar-refractivity contribution >= 4 is 16.8 Å². The van der Waals surface area contributed by atoms with Crippen molar-refractivity contribution < 1.29 is 4.79 Å². The van der Waals surface area contributed by atoms with Gasteiger partial charge in [0.25, 0.3) is 5.91 Å². The fourth-order valence-electron chi connectivity index (χ4n) is 2.47. The van der Waals surface area contributed by atoms with Crippen LogP contribution in [0.25, 0.3) is 10.9 Å². The summed E-state index contributed by atoms with van der Waals surface area (Å²) >= 11 is 0. The largest absolute Gasteiger partial charge is 0.360 e. The fourth-order valence-corrected chi connectivity index (χ4v) is 2.47. The van der Waals surface area contributed by atoms with Crippen LogP contribution in [0.3, 0.4) is 0 Å². The first-order valence-electron chi connectivity index (χ1n) is 7.56. The Labute approximate surface area is 121 Å². The molecule has 0 aliphatic rings. The van der Waals surface area contributed by atoms with Crippen molar-refractivity contribution in [3.63, 3.8) is 0 Å². The zero-order valence-electron chi connectivity index (χ0n) is 12.6. The van der Waals surface area contributed by atoms with Crippen molar-refractivity contribution in [2.24, 2.45) is 0 Å². The highest BCUT2D eigenvalue weighted by atomic mass is 16.2. The summed E-state index contributed by atoms with van der Waals surface area (Å²) in [6.07, 6.45) is 4.98. The number of H-pyrrole nitrogens is 1. The molecule has 1 amide bonds. The molecule has 3 nitrogen and oxygen atoms in total. The average molecular weight is 272 g/mol. The zero-order valence-corrected chi connectivity index (χ0v) is 12.6. The highest BCUT2D eigenvalue weighted by Gasteiger charge is 2.22. The van der Waals surface area contributed by atoms with Crippen molar-refractivity contribution in [1.29, 1.82) is 0 Å². The van der Waals surface area contributed by atoms with Crippen LogP contribution in [0.2, 0.25) is 0 Å². The Morgan fingerprint density at radius 3 is 2.75 bits per heavy atom. The molecule has 0 aliphatic carbocycles. The van der Waals surface area contributed by atoms with Gasteiger partial charge < -0.3 is 9.88 Å². The molecule has 1 atom stereocenters. The van der Waals surface area contributed by atoms with Crippen molar-refractivity contribution in [1.82, 2.24) is 9.88 Å². The number of fused-ring (bicyclic) bond motifs is 1. The third-order valence-corrected chi connectivity index (χ3v) is 3.96. The van der Waals surface area contributed by atoms with E-state index in [1.807, 2.05) is 35.4 Å². The molecule has 20 heavy (non-hydrogen) atoms. The molecule has 0 fully saturated rings. The van der Waals surface area contributed by atoms with E-state index in [4.69, 9.17) is 0 Å². The Balaban J connectivity index is 2.31. The van der Waals surface area contributed by atoms with Crippen molar-refractivity contribution in [2.45, 2.75) is 46.1 Å². The number of carbonyl (C=O) groups is 1. The Kier molecular flexibility index (Phi) is 4.83. The van der Waals surface area contributed by atoms with Crippen molar-refractivity contribution in [3.8, 4) is 0 Å². The fraction of sp³-hybridized carbons (Fsp3) is 0.471. The number of para-hydroxylation sites is 1. The molecule has 1 aromatic heterocycles. The summed E-state index contributed by atoms with van der Waals surface area (Å²) in [5.74, 6) is 0.144. The molecule has 108 valence electrons. The van der Waals surface area contributed by atoms with Gasteiger partial charge in [-0.1, -0.05) is 38.5 Å². The van der Waals surface area contributed by atoms with E-state index in [9.17, 15) is 4.79 Å². The normalized spacial score (nSPS) is 12.6. The van der Waals surface area contributed by atoms with Crippen LogP contribution in [0.4, 0.5) is 0 Å². The second-order valence-corrected chi connectivity index (χ2v) is 5.36. The lowest BCUT2D eigenvalue weighted by atomic mass is 10.1. The Hall–Kier alpha value is -1.77. The molecule has 0 saturated heterocycles. The van der Waals surface area contributed by atoms with Gasteiger partial charge in [-0.25, -0.2) is 0 Å². The van der Waals surface area contributed by atoms with Gasteiger partial charge >= 0.3 is 0 Å². The molecule has 1 aromatic carbocycles. The third kappa shape index (κ3) is 2.87. The number of hydrogen-bond donors (Lipinski definition) is 1. The SMILES string of the molecule is CCCCN(C(=O)c1c[nH]c2ccccc12)C(C)CC. The van der Waals surface area contributed by atoms with E-state index in [1.54, 1.807) is 0 Å². The monoisotopic (exact) mass is 272 g/mol. The van der Waals surface area contributed by atoms with Crippen LogP contribution in [0.1, 0.15) is 50.4 Å². The summed E-state index contributed by atoms with van der Waals surface area (Å²) in [4.78, 5) is 18.0. The maximum absolute atomic E-state index is 12.8. The van der Waals surface area contributed by atoms with Gasteiger partial charge in [-0.2, -0.15) is 0 Å². The molecular weight excluding hydrogens is 248 g/mol. The number of nitrogens with zero attached hydrogens (tertiary/aromatic N) is 1. The van der Waals surface area contributed by atoms with E-state index in [0.717, 1.165) is 42.3 Å². The number of unbranched alkanes of at least 4 members (excludes halogenated alkanes) is 1. The van der Waals surface area contributed by atoms with E-state index in [0.29, 0.717) is 0 Å². The molecule has 1 N–H and O–H groups in total. The zero-order chi connectivity index (χ0) is 14.5. The summed E-state index contributed by atoms with van der Waals surface area (Å²) in [6, 6.07) is 8.26. The number of amides is 1. The van der Waals surface area contributed by atoms with Gasteiger partial charge in [-0.15, -0.1) is 0 Å². The van der Waals surface area contributed by atoms with Gasteiger partial charge in [0.2, 0.25) is 0 Å². The lowest BCUT2D eigenvalue weighted by Gasteiger charge is -2.28. The molecule has 2 rings (SSSR count). The number of benzene rings is 1. The quantitative estimate of drug-likeness (QED) is 0.840. The number of hydrogen-bond acceptors (Lipinski definition) is 1. The van der Waals surface area contributed by atoms with Crippen molar-refractivity contribution in [3.05, 3.63) is 36.0 Å². The molecular formula is C17H24N2O. The van der Waals surface area contributed by atoms with Gasteiger partial charge in [-0.05, 0) is 25.8 Å². The minimum atomic E-state index is 0.144. The molecule has 0 spiro atoms. The van der Waals surface area contributed by atoms with Gasteiger partial charge in [0.05, 0.1) is 5.56 Å². The number of rotatable bonds is 6. The van der Waals surface area contributed by atoms with Crippen LogP contribution >= 0.6 is 0 Å². The Morgan fingerprint density at radius 1 is 1.30 bits per heavy atom. The standard InChI is InChI=1S/C17H24N2O/c1-4-6-11-19(13(3)5-2)17(20)15-12-18-16-10-8-7-9-14(15)16/h7-10,12-13,18H,4-6,11H2,1-3H3. The maximum atomic E-state index is 12.8. The van der Waals surface area contributed by atoms with E-state index < -0.39 is 0 Å². The second kappa shape index (κ2) is 6.60. The molecule has 3 heteroatoms. The first-order chi connectivity index (χ1) is 9.69. The third-order valence-electron chi connectivity index (χ3n) is 3.96. The maximum Gasteiger partial charge on any atom is 0.256 e. The smallest absolute Gasteiger partial charge is 0.256 e. The molecule has 1 unspecified atom stereocenters. The van der Waals surface area contributed by atoms with E-state index in [1.165, 1.54) is 0 Å². The Morgan fingerprint density at radius 2 is 2.05 bits per heavy atom. The van der Waals surface area contributed by atoms with E-state index in [2.05, 4.69) is 25.8 Å². The molecule has 0 radical (unpaired) electrons. The summed E-state index contributed by atoms with van der Waals surface area (Å²) in [7, 11) is 0. The van der Waals surface area contributed by atoms with E-state index in [-0.39, 0.29) is 11.9 Å². The lowest BCUT2D eigenvalue weighted by Crippen LogP contribution is -2.39. The summed E-state index contributed by atoms with van der Waals surface area (Å²) < 4.78 is 0. The minimum absolute atomic E-state index is 0.144. The number of aromatic amines is 1. The van der Waals surface area contributed by atoms with Gasteiger partial charge in [-0.3, -0.25) is 4.79 Å². The van der Waals surface area contributed by atoms with Gasteiger partial charge in [0.15, 0.2) is 0 Å². The highest BCUT2D eigenvalue weighted by molar-refractivity contribution is 6.06. The average Bonchev–Trinajstić information content (AvgIpc) is 2.91. The van der Waals surface area contributed by atoms with Crippen LogP contribution in [-0.2, 0) is 0 Å². The molecule has 0 aliphatic heterocycles. The molecule has 2 aromatic rings. The van der Waals surface area contributed by atoms with Gasteiger partial charge in [0, 0.05) is 29.7 Å². The van der Waals surface area contributed by atoms with Crippen molar-refractivity contribution in [2.75, 3.05) is 6.54 Å². The predicted octanol–water partition coefficient (Wildman–Crippen LogP) is 4.21. The lowest BCUT2D eigenvalue weighted by molar-refractivity contribution is 0.0687. The first-order valence-corrected chi connectivity index (χ1v) is 7.56. The molecule has 0 saturated carbocycles. The number of aromatic nitrogens is 1. The van der Waals surface area contributed by atoms with Crippen LogP contribution in [-0.4, -0.2) is 28.4 Å².